The number of phenolic OH excluding ortho intramolecular Hbond substituents is 1. The number of benzene rings is 3. The van der Waals surface area contributed by atoms with Gasteiger partial charge < -0.3 is 14.6 Å². The van der Waals surface area contributed by atoms with E-state index < -0.39 is 0 Å². The number of hydrogen-bond donors (Lipinski definition) is 1. The first-order valence-electron chi connectivity index (χ1n) is 8.93. The van der Waals surface area contributed by atoms with Crippen LogP contribution in [0.15, 0.2) is 66.7 Å². The number of hydrogen-bond acceptors (Lipinski definition) is 3. The van der Waals surface area contributed by atoms with E-state index in [9.17, 15) is 5.11 Å². The molecule has 3 nitrogen and oxygen atoms in total. The molecule has 0 saturated carbocycles. The number of para-hydroxylation sites is 1. The van der Waals surface area contributed by atoms with Gasteiger partial charge in [0, 0.05) is 5.41 Å². The number of halogens is 2. The van der Waals surface area contributed by atoms with Gasteiger partial charge in [-0.2, -0.15) is 0 Å². The standard InChI is InChI=1S/C23H22Cl2O3/c1-23(2,17-12-20(24)22(26)21(25)13-17)15-27-14-16-7-6-10-19(11-16)28-18-8-4-3-5-9-18/h3-13,26H,14-15H2,1-2H3. The average molecular weight is 417 g/mol. The van der Waals surface area contributed by atoms with Crippen molar-refractivity contribution in [3.05, 3.63) is 87.9 Å². The molecule has 0 bridgehead atoms. The molecule has 0 aliphatic heterocycles. The van der Waals surface area contributed by atoms with Crippen LogP contribution >= 0.6 is 23.2 Å². The largest absolute Gasteiger partial charge is 0.505 e. The third-order valence-electron chi connectivity index (χ3n) is 4.41. The van der Waals surface area contributed by atoms with Gasteiger partial charge in [0.2, 0.25) is 0 Å². The van der Waals surface area contributed by atoms with Crippen LogP contribution in [0, 0.1) is 0 Å². The number of rotatable bonds is 7. The summed E-state index contributed by atoms with van der Waals surface area (Å²) in [5.41, 5.74) is 1.60. The van der Waals surface area contributed by atoms with Crippen molar-refractivity contribution in [3.8, 4) is 17.2 Å². The van der Waals surface area contributed by atoms with Crippen LogP contribution in [0.3, 0.4) is 0 Å². The highest BCUT2D eigenvalue weighted by Crippen LogP contribution is 2.37. The van der Waals surface area contributed by atoms with E-state index in [1.807, 2.05) is 68.4 Å². The molecule has 3 aromatic carbocycles. The smallest absolute Gasteiger partial charge is 0.152 e. The molecular weight excluding hydrogens is 395 g/mol. The van der Waals surface area contributed by atoms with Gasteiger partial charge in [0.05, 0.1) is 23.3 Å². The molecule has 0 unspecified atom stereocenters. The highest BCUT2D eigenvalue weighted by Gasteiger charge is 2.23. The Balaban J connectivity index is 1.62. The van der Waals surface area contributed by atoms with Crippen LogP contribution < -0.4 is 4.74 Å². The van der Waals surface area contributed by atoms with E-state index in [1.165, 1.54) is 0 Å². The summed E-state index contributed by atoms with van der Waals surface area (Å²) in [6, 6.07) is 20.9. The Kier molecular flexibility index (Phi) is 6.50. The third-order valence-corrected chi connectivity index (χ3v) is 4.98. The molecule has 0 aliphatic rings. The fraction of sp³-hybridized carbons (Fsp3) is 0.217. The first kappa shape index (κ1) is 20.5. The fourth-order valence-corrected chi connectivity index (χ4v) is 3.27. The van der Waals surface area contributed by atoms with E-state index in [-0.39, 0.29) is 21.2 Å². The second-order valence-corrected chi connectivity index (χ2v) is 8.04. The lowest BCUT2D eigenvalue weighted by molar-refractivity contribution is 0.0824. The van der Waals surface area contributed by atoms with Crippen molar-refractivity contribution in [2.75, 3.05) is 6.61 Å². The molecule has 0 spiro atoms. The maximum Gasteiger partial charge on any atom is 0.152 e. The molecule has 28 heavy (non-hydrogen) atoms. The molecule has 0 aliphatic carbocycles. The van der Waals surface area contributed by atoms with Gasteiger partial charge in [-0.15, -0.1) is 0 Å². The Hall–Kier alpha value is -2.20. The summed E-state index contributed by atoms with van der Waals surface area (Å²) >= 11 is 12.1. The van der Waals surface area contributed by atoms with Crippen molar-refractivity contribution in [2.24, 2.45) is 0 Å². The maximum atomic E-state index is 9.75. The lowest BCUT2D eigenvalue weighted by Crippen LogP contribution is -2.24. The molecule has 5 heteroatoms. The third kappa shape index (κ3) is 5.20. The van der Waals surface area contributed by atoms with Crippen LogP contribution in [0.25, 0.3) is 0 Å². The Morgan fingerprint density at radius 1 is 0.857 bits per heavy atom. The van der Waals surface area contributed by atoms with Crippen molar-refractivity contribution in [1.82, 2.24) is 0 Å². The molecule has 3 aromatic rings. The average Bonchev–Trinajstić information content (AvgIpc) is 2.66. The first-order chi connectivity index (χ1) is 13.3. The summed E-state index contributed by atoms with van der Waals surface area (Å²) in [6.07, 6.45) is 0. The molecule has 146 valence electrons. The molecular formula is C23H22Cl2O3. The van der Waals surface area contributed by atoms with E-state index in [4.69, 9.17) is 32.7 Å². The zero-order valence-electron chi connectivity index (χ0n) is 15.8. The minimum Gasteiger partial charge on any atom is -0.505 e. The van der Waals surface area contributed by atoms with E-state index >= 15 is 0 Å². The Bertz CT molecular complexity index is 917. The van der Waals surface area contributed by atoms with Crippen molar-refractivity contribution in [1.29, 1.82) is 0 Å². The molecule has 0 fully saturated rings. The molecule has 0 aromatic heterocycles. The molecule has 3 rings (SSSR count). The van der Waals surface area contributed by atoms with Crippen LogP contribution in [0.4, 0.5) is 0 Å². The van der Waals surface area contributed by atoms with Gasteiger partial charge in [0.1, 0.15) is 11.5 Å². The Morgan fingerprint density at radius 3 is 2.18 bits per heavy atom. The van der Waals surface area contributed by atoms with Crippen LogP contribution in [0.5, 0.6) is 17.2 Å². The van der Waals surface area contributed by atoms with Gasteiger partial charge >= 0.3 is 0 Å². The van der Waals surface area contributed by atoms with Crippen LogP contribution in [-0.4, -0.2) is 11.7 Å². The van der Waals surface area contributed by atoms with Gasteiger partial charge in [-0.25, -0.2) is 0 Å². The lowest BCUT2D eigenvalue weighted by atomic mass is 9.85. The summed E-state index contributed by atoms with van der Waals surface area (Å²) < 4.78 is 11.8. The topological polar surface area (TPSA) is 38.7 Å². The summed E-state index contributed by atoms with van der Waals surface area (Å²) in [5, 5.41) is 10.2. The van der Waals surface area contributed by atoms with Crippen LogP contribution in [-0.2, 0) is 16.8 Å². The molecule has 0 amide bonds. The lowest BCUT2D eigenvalue weighted by Gasteiger charge is -2.26. The predicted molar refractivity (Wildman–Crippen MR) is 114 cm³/mol. The van der Waals surface area contributed by atoms with Crippen LogP contribution in [0.1, 0.15) is 25.0 Å². The normalized spacial score (nSPS) is 11.4. The monoisotopic (exact) mass is 416 g/mol. The van der Waals surface area contributed by atoms with Gasteiger partial charge in [0.25, 0.3) is 0 Å². The van der Waals surface area contributed by atoms with Crippen molar-refractivity contribution in [2.45, 2.75) is 25.9 Å². The van der Waals surface area contributed by atoms with Crippen molar-refractivity contribution >= 4 is 23.2 Å². The van der Waals surface area contributed by atoms with Gasteiger partial charge in [-0.05, 0) is 47.5 Å². The molecule has 0 radical (unpaired) electrons. The van der Waals surface area contributed by atoms with E-state index in [2.05, 4.69) is 0 Å². The second kappa shape index (κ2) is 8.87. The zero-order chi connectivity index (χ0) is 20.1. The number of ether oxygens (including phenoxy) is 2. The number of phenols is 1. The summed E-state index contributed by atoms with van der Waals surface area (Å²) in [4.78, 5) is 0. The quantitative estimate of drug-likeness (QED) is 0.451. The highest BCUT2D eigenvalue weighted by atomic mass is 35.5. The fourth-order valence-electron chi connectivity index (χ4n) is 2.79. The predicted octanol–water partition coefficient (Wildman–Crippen LogP) is 6.99. The number of aromatic hydroxyl groups is 1. The van der Waals surface area contributed by atoms with E-state index in [0.717, 1.165) is 22.6 Å². The summed E-state index contributed by atoms with van der Waals surface area (Å²) in [7, 11) is 0. The van der Waals surface area contributed by atoms with Gasteiger partial charge in [0.15, 0.2) is 5.75 Å². The SMILES string of the molecule is CC(C)(COCc1cccc(Oc2ccccc2)c1)c1cc(Cl)c(O)c(Cl)c1. The van der Waals surface area contributed by atoms with Crippen molar-refractivity contribution < 1.29 is 14.6 Å². The molecule has 1 N–H and O–H groups in total. The Labute approximate surface area is 175 Å². The zero-order valence-corrected chi connectivity index (χ0v) is 17.3. The highest BCUT2D eigenvalue weighted by molar-refractivity contribution is 6.37. The van der Waals surface area contributed by atoms with E-state index in [1.54, 1.807) is 12.1 Å². The van der Waals surface area contributed by atoms with Gasteiger partial charge in [-0.3, -0.25) is 0 Å². The minimum absolute atomic E-state index is 0.0981. The summed E-state index contributed by atoms with van der Waals surface area (Å²) in [6.45, 7) is 5.01. The van der Waals surface area contributed by atoms with Gasteiger partial charge in [-0.1, -0.05) is 67.4 Å². The second-order valence-electron chi connectivity index (χ2n) is 7.23. The van der Waals surface area contributed by atoms with Crippen LogP contribution in [0.2, 0.25) is 10.0 Å². The Morgan fingerprint density at radius 2 is 1.50 bits per heavy atom. The maximum absolute atomic E-state index is 9.75. The summed E-state index contributed by atoms with van der Waals surface area (Å²) in [5.74, 6) is 1.46. The minimum atomic E-state index is -0.320. The molecule has 0 atom stereocenters. The van der Waals surface area contributed by atoms with Crippen molar-refractivity contribution in [3.63, 3.8) is 0 Å². The first-order valence-corrected chi connectivity index (χ1v) is 9.69. The molecule has 0 saturated heterocycles. The molecule has 0 heterocycles. The van der Waals surface area contributed by atoms with E-state index in [0.29, 0.717) is 13.2 Å².